The molecule has 2 heterocycles. The van der Waals surface area contributed by atoms with Crippen molar-refractivity contribution in [3.05, 3.63) is 99.6 Å². The molecule has 6 heteroatoms. The lowest BCUT2D eigenvalue weighted by atomic mass is 10.0. The number of fused-ring (bicyclic) bond motifs is 1. The Morgan fingerprint density at radius 3 is 2.71 bits per heavy atom. The summed E-state index contributed by atoms with van der Waals surface area (Å²) in [5.74, 6) is 0.320. The van der Waals surface area contributed by atoms with Gasteiger partial charge in [0, 0.05) is 29.7 Å². The molecule has 0 saturated carbocycles. The highest BCUT2D eigenvalue weighted by molar-refractivity contribution is 5.83. The number of aromatic amines is 2. The second kappa shape index (κ2) is 7.78. The molecule has 0 radical (unpaired) electrons. The Bertz CT molecular complexity index is 1150. The van der Waals surface area contributed by atoms with Gasteiger partial charge < -0.3 is 15.3 Å². The van der Waals surface area contributed by atoms with E-state index in [-0.39, 0.29) is 17.4 Å². The Morgan fingerprint density at radius 2 is 1.93 bits per heavy atom. The van der Waals surface area contributed by atoms with Crippen molar-refractivity contribution in [2.75, 3.05) is 0 Å². The number of hydrogen-bond donors (Lipinski definition) is 3. The number of rotatable bonds is 6. The van der Waals surface area contributed by atoms with E-state index >= 15 is 0 Å². The summed E-state index contributed by atoms with van der Waals surface area (Å²) in [5.41, 5.74) is 3.70. The Balaban J connectivity index is 1.64. The number of H-pyrrole nitrogens is 2. The molecular weight excluding hydrogens is 355 g/mol. The number of halogens is 1. The zero-order valence-electron chi connectivity index (χ0n) is 15.5. The predicted molar refractivity (Wildman–Crippen MR) is 108 cm³/mol. The Morgan fingerprint density at radius 1 is 1.14 bits per heavy atom. The molecule has 0 aliphatic heterocycles. The van der Waals surface area contributed by atoms with E-state index in [2.05, 4.69) is 26.3 Å². The summed E-state index contributed by atoms with van der Waals surface area (Å²) in [5, 5.41) is 4.63. The van der Waals surface area contributed by atoms with E-state index in [1.54, 1.807) is 19.1 Å². The molecule has 0 unspecified atom stereocenters. The quantitative estimate of drug-likeness (QED) is 0.480. The summed E-state index contributed by atoms with van der Waals surface area (Å²) < 4.78 is 13.2. The van der Waals surface area contributed by atoms with Crippen molar-refractivity contribution in [3.8, 4) is 0 Å². The summed E-state index contributed by atoms with van der Waals surface area (Å²) in [4.78, 5) is 22.5. The molecule has 5 nitrogen and oxygen atoms in total. The molecule has 1 atom stereocenters. The van der Waals surface area contributed by atoms with E-state index in [0.717, 1.165) is 22.0 Å². The minimum absolute atomic E-state index is 0.162. The van der Waals surface area contributed by atoms with Gasteiger partial charge in [-0.1, -0.05) is 30.3 Å². The molecule has 3 N–H and O–H groups in total. The molecule has 28 heavy (non-hydrogen) atoms. The van der Waals surface area contributed by atoms with Gasteiger partial charge in [0.2, 0.25) is 0 Å². The van der Waals surface area contributed by atoms with Crippen molar-refractivity contribution >= 4 is 10.9 Å². The molecule has 2 aromatic heterocycles. The van der Waals surface area contributed by atoms with Gasteiger partial charge in [-0.15, -0.1) is 0 Å². The van der Waals surface area contributed by atoms with Gasteiger partial charge in [0.25, 0.3) is 5.56 Å². The second-order valence-corrected chi connectivity index (χ2v) is 6.88. The van der Waals surface area contributed by atoms with E-state index < -0.39 is 0 Å². The molecule has 4 aromatic rings. The highest BCUT2D eigenvalue weighted by Gasteiger charge is 2.17. The van der Waals surface area contributed by atoms with Crippen molar-refractivity contribution < 1.29 is 4.39 Å². The molecule has 0 aliphatic rings. The maximum atomic E-state index is 13.2. The van der Waals surface area contributed by atoms with Crippen LogP contribution in [0.2, 0.25) is 0 Å². The number of para-hydroxylation sites is 1. The standard InChI is InChI=1S/C22H21FN4O/c1-14-26-21(11-22(28)27-14)20(24-12-15-6-8-17(23)9-7-15)10-16-13-25-19-5-3-2-4-18(16)19/h2-9,11,13,20,24-25H,10,12H2,1H3,(H,26,27,28)/t20-/m1/s1. The summed E-state index contributed by atoms with van der Waals surface area (Å²) in [7, 11) is 0. The topological polar surface area (TPSA) is 73.6 Å². The summed E-state index contributed by atoms with van der Waals surface area (Å²) in [6, 6.07) is 15.9. The average molecular weight is 376 g/mol. The van der Waals surface area contributed by atoms with Gasteiger partial charge in [-0.2, -0.15) is 0 Å². The second-order valence-electron chi connectivity index (χ2n) is 6.88. The van der Waals surface area contributed by atoms with E-state index in [9.17, 15) is 9.18 Å². The van der Waals surface area contributed by atoms with Gasteiger partial charge in [0.15, 0.2) is 0 Å². The first-order valence-electron chi connectivity index (χ1n) is 9.19. The minimum atomic E-state index is -0.258. The monoisotopic (exact) mass is 376 g/mol. The normalized spacial score (nSPS) is 12.4. The van der Waals surface area contributed by atoms with Crippen LogP contribution in [0.5, 0.6) is 0 Å². The van der Waals surface area contributed by atoms with E-state index in [1.807, 2.05) is 24.4 Å². The van der Waals surface area contributed by atoms with Crippen LogP contribution in [0, 0.1) is 12.7 Å². The van der Waals surface area contributed by atoms with Crippen LogP contribution in [0.25, 0.3) is 10.9 Å². The van der Waals surface area contributed by atoms with Gasteiger partial charge in [-0.05, 0) is 42.7 Å². The van der Waals surface area contributed by atoms with E-state index in [4.69, 9.17) is 0 Å². The van der Waals surface area contributed by atoms with Crippen LogP contribution < -0.4 is 10.9 Å². The first-order valence-corrected chi connectivity index (χ1v) is 9.19. The average Bonchev–Trinajstić information content (AvgIpc) is 3.08. The highest BCUT2D eigenvalue weighted by atomic mass is 19.1. The van der Waals surface area contributed by atoms with Crippen LogP contribution in [-0.2, 0) is 13.0 Å². The largest absolute Gasteiger partial charge is 0.361 e. The maximum absolute atomic E-state index is 13.2. The zero-order chi connectivity index (χ0) is 19.5. The minimum Gasteiger partial charge on any atom is -0.361 e. The van der Waals surface area contributed by atoms with Gasteiger partial charge >= 0.3 is 0 Å². The highest BCUT2D eigenvalue weighted by Crippen LogP contribution is 2.24. The van der Waals surface area contributed by atoms with Crippen LogP contribution in [0.3, 0.4) is 0 Å². The molecular formula is C22H21FN4O. The lowest BCUT2D eigenvalue weighted by Gasteiger charge is -2.18. The summed E-state index contributed by atoms with van der Waals surface area (Å²) >= 11 is 0. The van der Waals surface area contributed by atoms with E-state index in [1.165, 1.54) is 18.2 Å². The molecule has 142 valence electrons. The van der Waals surface area contributed by atoms with Gasteiger partial charge in [-0.25, -0.2) is 9.37 Å². The molecule has 0 fully saturated rings. The Kier molecular flexibility index (Phi) is 5.04. The molecule has 0 saturated heterocycles. The first kappa shape index (κ1) is 18.1. The Hall–Kier alpha value is -3.25. The van der Waals surface area contributed by atoms with Crippen LogP contribution in [0.1, 0.15) is 28.7 Å². The van der Waals surface area contributed by atoms with Crippen molar-refractivity contribution in [3.63, 3.8) is 0 Å². The molecule has 2 aromatic carbocycles. The number of nitrogens with one attached hydrogen (secondary N) is 3. The fraction of sp³-hybridized carbons (Fsp3) is 0.182. The smallest absolute Gasteiger partial charge is 0.251 e. The van der Waals surface area contributed by atoms with Crippen LogP contribution in [0.15, 0.2) is 65.6 Å². The summed E-state index contributed by atoms with van der Waals surface area (Å²) in [6.07, 6.45) is 2.67. The molecule has 4 rings (SSSR count). The van der Waals surface area contributed by atoms with E-state index in [0.29, 0.717) is 24.5 Å². The Labute approximate surface area is 161 Å². The fourth-order valence-corrected chi connectivity index (χ4v) is 3.43. The third-order valence-electron chi connectivity index (χ3n) is 4.80. The van der Waals surface area contributed by atoms with Gasteiger partial charge in [0.1, 0.15) is 11.6 Å². The van der Waals surface area contributed by atoms with Crippen LogP contribution in [-0.4, -0.2) is 15.0 Å². The lowest BCUT2D eigenvalue weighted by molar-refractivity contribution is 0.516. The first-order chi connectivity index (χ1) is 13.6. The number of nitrogens with zero attached hydrogens (tertiary/aromatic N) is 1. The fourth-order valence-electron chi connectivity index (χ4n) is 3.43. The van der Waals surface area contributed by atoms with Gasteiger partial charge in [0.05, 0.1) is 11.7 Å². The molecule has 0 aliphatic carbocycles. The van der Waals surface area contributed by atoms with Crippen molar-refractivity contribution in [2.45, 2.75) is 25.9 Å². The number of benzene rings is 2. The zero-order valence-corrected chi connectivity index (χ0v) is 15.5. The summed E-state index contributed by atoms with van der Waals surface area (Å²) in [6.45, 7) is 2.31. The molecule has 0 amide bonds. The van der Waals surface area contributed by atoms with Crippen molar-refractivity contribution in [1.29, 1.82) is 0 Å². The third kappa shape index (κ3) is 4.02. The third-order valence-corrected chi connectivity index (χ3v) is 4.80. The number of aryl methyl sites for hydroxylation is 1. The van der Waals surface area contributed by atoms with Gasteiger partial charge in [-0.3, -0.25) is 4.79 Å². The lowest BCUT2D eigenvalue weighted by Crippen LogP contribution is -2.26. The number of aromatic nitrogens is 3. The van der Waals surface area contributed by atoms with Crippen molar-refractivity contribution in [1.82, 2.24) is 20.3 Å². The molecule has 0 spiro atoms. The molecule has 0 bridgehead atoms. The predicted octanol–water partition coefficient (Wildman–Crippen LogP) is 3.77. The van der Waals surface area contributed by atoms with Crippen molar-refractivity contribution in [2.24, 2.45) is 0 Å². The van der Waals surface area contributed by atoms with Crippen LogP contribution >= 0.6 is 0 Å². The maximum Gasteiger partial charge on any atom is 0.251 e. The SMILES string of the molecule is Cc1nc([C@@H](Cc2c[nH]c3ccccc23)NCc2ccc(F)cc2)cc(=O)[nH]1. The number of hydrogen-bond acceptors (Lipinski definition) is 3. The van der Waals surface area contributed by atoms with Crippen LogP contribution in [0.4, 0.5) is 4.39 Å².